The minimum absolute atomic E-state index is 0.0451. The van der Waals surface area contributed by atoms with Crippen molar-refractivity contribution in [2.75, 3.05) is 0 Å². The number of thiazole rings is 1. The third kappa shape index (κ3) is 2.04. The SMILES string of the molecule is Oc1ccc(-c2nc3ccc(I)cc3s2)c(O)c1. The maximum absolute atomic E-state index is 9.83. The van der Waals surface area contributed by atoms with Gasteiger partial charge in [0.05, 0.1) is 15.8 Å². The van der Waals surface area contributed by atoms with Crippen LogP contribution in [-0.2, 0) is 0 Å². The molecule has 1 heterocycles. The number of halogens is 1. The number of aromatic nitrogens is 1. The minimum Gasteiger partial charge on any atom is -0.508 e. The first-order valence-electron chi connectivity index (χ1n) is 5.22. The van der Waals surface area contributed by atoms with Crippen molar-refractivity contribution in [3.8, 4) is 22.1 Å². The van der Waals surface area contributed by atoms with Gasteiger partial charge in [0.1, 0.15) is 16.5 Å². The number of nitrogens with zero attached hydrogens (tertiary/aromatic N) is 1. The van der Waals surface area contributed by atoms with Crippen molar-refractivity contribution >= 4 is 44.1 Å². The lowest BCUT2D eigenvalue weighted by Gasteiger charge is -2.00. The third-order valence-corrected chi connectivity index (χ3v) is 4.28. The molecule has 18 heavy (non-hydrogen) atoms. The van der Waals surface area contributed by atoms with Gasteiger partial charge in [-0.2, -0.15) is 0 Å². The molecule has 0 aliphatic carbocycles. The molecule has 0 aliphatic heterocycles. The van der Waals surface area contributed by atoms with E-state index in [0.717, 1.165) is 18.8 Å². The molecular formula is C13H8INO2S. The summed E-state index contributed by atoms with van der Waals surface area (Å²) in [6.45, 7) is 0. The number of rotatable bonds is 1. The van der Waals surface area contributed by atoms with Crippen molar-refractivity contribution in [2.24, 2.45) is 0 Å². The lowest BCUT2D eigenvalue weighted by atomic mass is 10.2. The van der Waals surface area contributed by atoms with E-state index < -0.39 is 0 Å². The maximum atomic E-state index is 9.83. The Bertz CT molecular complexity index is 739. The second-order valence-corrected chi connectivity index (χ2v) is 6.11. The van der Waals surface area contributed by atoms with Crippen molar-refractivity contribution in [2.45, 2.75) is 0 Å². The highest BCUT2D eigenvalue weighted by atomic mass is 127. The molecule has 0 saturated carbocycles. The average Bonchev–Trinajstić information content (AvgIpc) is 2.71. The van der Waals surface area contributed by atoms with Gasteiger partial charge in [0, 0.05) is 9.64 Å². The summed E-state index contributed by atoms with van der Waals surface area (Å²) >= 11 is 3.79. The molecule has 0 aliphatic rings. The highest BCUT2D eigenvalue weighted by molar-refractivity contribution is 14.1. The summed E-state index contributed by atoms with van der Waals surface area (Å²) in [5.74, 6) is 0.0932. The molecule has 0 atom stereocenters. The number of benzene rings is 2. The van der Waals surface area contributed by atoms with Gasteiger partial charge < -0.3 is 10.2 Å². The maximum Gasteiger partial charge on any atom is 0.129 e. The first-order chi connectivity index (χ1) is 8.63. The molecule has 3 aromatic rings. The van der Waals surface area contributed by atoms with E-state index >= 15 is 0 Å². The van der Waals surface area contributed by atoms with Crippen LogP contribution < -0.4 is 0 Å². The summed E-state index contributed by atoms with van der Waals surface area (Å²) in [7, 11) is 0. The quantitative estimate of drug-likeness (QED) is 0.638. The molecule has 3 rings (SSSR count). The molecule has 0 bridgehead atoms. The molecule has 0 amide bonds. The Hall–Kier alpha value is -1.34. The number of hydrogen-bond acceptors (Lipinski definition) is 4. The van der Waals surface area contributed by atoms with Crippen molar-refractivity contribution < 1.29 is 10.2 Å². The second-order valence-electron chi connectivity index (χ2n) is 3.83. The van der Waals surface area contributed by atoms with Gasteiger partial charge in [-0.1, -0.05) is 0 Å². The molecule has 0 fully saturated rings. The summed E-state index contributed by atoms with van der Waals surface area (Å²) in [4.78, 5) is 4.49. The van der Waals surface area contributed by atoms with E-state index in [1.54, 1.807) is 12.1 Å². The van der Waals surface area contributed by atoms with Gasteiger partial charge >= 0.3 is 0 Å². The summed E-state index contributed by atoms with van der Waals surface area (Å²) in [6, 6.07) is 10.6. The van der Waals surface area contributed by atoms with Crippen molar-refractivity contribution in [3.63, 3.8) is 0 Å². The van der Waals surface area contributed by atoms with E-state index in [1.165, 1.54) is 17.4 Å². The summed E-state index contributed by atoms with van der Waals surface area (Å²) in [6.07, 6.45) is 0. The topological polar surface area (TPSA) is 53.4 Å². The predicted octanol–water partition coefficient (Wildman–Crippen LogP) is 3.98. The molecule has 5 heteroatoms. The fourth-order valence-corrected chi connectivity index (χ4v) is 3.46. The number of phenols is 2. The van der Waals surface area contributed by atoms with Crippen LogP contribution in [-0.4, -0.2) is 15.2 Å². The van der Waals surface area contributed by atoms with E-state index in [9.17, 15) is 10.2 Å². The van der Waals surface area contributed by atoms with Crippen LogP contribution in [0.1, 0.15) is 0 Å². The van der Waals surface area contributed by atoms with Crippen molar-refractivity contribution in [1.29, 1.82) is 0 Å². The van der Waals surface area contributed by atoms with E-state index in [4.69, 9.17) is 0 Å². The molecule has 2 N–H and O–H groups in total. The van der Waals surface area contributed by atoms with Gasteiger partial charge in [-0.05, 0) is 52.9 Å². The minimum atomic E-state index is 0.0451. The number of aromatic hydroxyl groups is 2. The van der Waals surface area contributed by atoms with E-state index in [0.29, 0.717) is 5.56 Å². The van der Waals surface area contributed by atoms with Gasteiger partial charge in [0.25, 0.3) is 0 Å². The van der Waals surface area contributed by atoms with Crippen LogP contribution in [0.4, 0.5) is 0 Å². The smallest absolute Gasteiger partial charge is 0.129 e. The highest BCUT2D eigenvalue weighted by Gasteiger charge is 2.10. The lowest BCUT2D eigenvalue weighted by Crippen LogP contribution is -1.77. The third-order valence-electron chi connectivity index (χ3n) is 2.56. The molecule has 0 radical (unpaired) electrons. The Morgan fingerprint density at radius 3 is 2.67 bits per heavy atom. The molecule has 0 spiro atoms. The first-order valence-corrected chi connectivity index (χ1v) is 7.11. The van der Waals surface area contributed by atoms with Crippen LogP contribution >= 0.6 is 33.9 Å². The molecule has 90 valence electrons. The fourth-order valence-electron chi connectivity index (χ4n) is 1.71. The number of fused-ring (bicyclic) bond motifs is 1. The Labute approximate surface area is 121 Å². The number of hydrogen-bond donors (Lipinski definition) is 2. The van der Waals surface area contributed by atoms with Gasteiger partial charge in [-0.25, -0.2) is 4.98 Å². The summed E-state index contributed by atoms with van der Waals surface area (Å²) in [5.41, 5.74) is 1.56. The first kappa shape index (κ1) is 11.7. The van der Waals surface area contributed by atoms with Crippen LogP contribution in [0.3, 0.4) is 0 Å². The van der Waals surface area contributed by atoms with E-state index in [2.05, 4.69) is 33.6 Å². The predicted molar refractivity (Wildman–Crippen MR) is 81.1 cm³/mol. The molecule has 3 nitrogen and oxygen atoms in total. The zero-order chi connectivity index (χ0) is 12.7. The highest BCUT2D eigenvalue weighted by Crippen LogP contribution is 2.37. The Morgan fingerprint density at radius 1 is 1.06 bits per heavy atom. The van der Waals surface area contributed by atoms with E-state index in [-0.39, 0.29) is 11.5 Å². The Kier molecular flexibility index (Phi) is 2.87. The summed E-state index contributed by atoms with van der Waals surface area (Å²) in [5, 5.41) is 19.9. The Morgan fingerprint density at radius 2 is 1.89 bits per heavy atom. The molecule has 1 aromatic heterocycles. The molecule has 2 aromatic carbocycles. The number of phenolic OH excluding ortho intramolecular Hbond substituents is 2. The van der Waals surface area contributed by atoms with Gasteiger partial charge in [0.15, 0.2) is 0 Å². The second kappa shape index (κ2) is 4.40. The molecule has 0 unspecified atom stereocenters. The average molecular weight is 369 g/mol. The Balaban J connectivity index is 2.19. The van der Waals surface area contributed by atoms with Gasteiger partial charge in [-0.15, -0.1) is 11.3 Å². The fraction of sp³-hybridized carbons (Fsp3) is 0. The van der Waals surface area contributed by atoms with Crippen molar-refractivity contribution in [1.82, 2.24) is 4.98 Å². The van der Waals surface area contributed by atoms with E-state index in [1.807, 2.05) is 12.1 Å². The monoisotopic (exact) mass is 369 g/mol. The standard InChI is InChI=1S/C13H8INO2S/c14-7-1-4-10-12(5-7)18-13(15-10)9-3-2-8(16)6-11(9)17/h1-6,16-17H. The lowest BCUT2D eigenvalue weighted by molar-refractivity contribution is 0.452. The normalized spacial score (nSPS) is 10.9. The molecular weight excluding hydrogens is 361 g/mol. The van der Waals surface area contributed by atoms with Crippen LogP contribution in [0, 0.1) is 3.57 Å². The van der Waals surface area contributed by atoms with Crippen molar-refractivity contribution in [3.05, 3.63) is 40.0 Å². The van der Waals surface area contributed by atoms with Crippen LogP contribution in [0.25, 0.3) is 20.8 Å². The van der Waals surface area contributed by atoms with Crippen LogP contribution in [0.5, 0.6) is 11.5 Å². The van der Waals surface area contributed by atoms with Gasteiger partial charge in [0.2, 0.25) is 0 Å². The largest absolute Gasteiger partial charge is 0.508 e. The zero-order valence-corrected chi connectivity index (χ0v) is 12.1. The van der Waals surface area contributed by atoms with Gasteiger partial charge in [-0.3, -0.25) is 0 Å². The van der Waals surface area contributed by atoms with Crippen LogP contribution in [0.2, 0.25) is 0 Å². The molecule has 0 saturated heterocycles. The van der Waals surface area contributed by atoms with Crippen LogP contribution in [0.15, 0.2) is 36.4 Å². The zero-order valence-electron chi connectivity index (χ0n) is 9.09. The summed E-state index contributed by atoms with van der Waals surface area (Å²) < 4.78 is 2.25.